The molecule has 168 valence electrons. The minimum absolute atomic E-state index is 0.0262. The van der Waals surface area contributed by atoms with Gasteiger partial charge in [0.25, 0.3) is 5.56 Å². The van der Waals surface area contributed by atoms with Crippen molar-refractivity contribution in [3.8, 4) is 5.69 Å². The fourth-order valence-corrected chi connectivity index (χ4v) is 4.67. The Labute approximate surface area is 205 Å². The molecule has 1 aromatic heterocycles. The molecule has 0 radical (unpaired) electrons. The molecule has 4 aromatic rings. The normalized spacial score (nSPS) is 11.0. The van der Waals surface area contributed by atoms with E-state index in [-0.39, 0.29) is 17.2 Å². The number of carbonyl (C=O) groups is 1. The average Bonchev–Trinajstić information content (AvgIpc) is 2.83. The maximum absolute atomic E-state index is 13.3. The highest BCUT2D eigenvalue weighted by atomic mass is 35.5. The van der Waals surface area contributed by atoms with E-state index in [1.165, 1.54) is 17.3 Å². The molecule has 0 aliphatic rings. The van der Waals surface area contributed by atoms with Crippen LogP contribution in [0.2, 0.25) is 10.0 Å². The second-order valence-corrected chi connectivity index (χ2v) is 9.19. The first-order chi connectivity index (χ1) is 15.9. The fraction of sp³-hybridized carbons (Fsp3) is 0.160. The van der Waals surface area contributed by atoms with Crippen LogP contribution in [0.4, 0.5) is 5.69 Å². The Kier molecular flexibility index (Phi) is 7.08. The van der Waals surface area contributed by atoms with Crippen molar-refractivity contribution in [2.45, 2.75) is 25.4 Å². The average molecular weight is 498 g/mol. The molecule has 0 saturated heterocycles. The summed E-state index contributed by atoms with van der Waals surface area (Å²) in [6.07, 6.45) is 0.900. The van der Waals surface area contributed by atoms with Gasteiger partial charge in [0, 0.05) is 0 Å². The highest BCUT2D eigenvalue weighted by molar-refractivity contribution is 7.99. The minimum Gasteiger partial charge on any atom is -0.323 e. The highest BCUT2D eigenvalue weighted by Crippen LogP contribution is 2.33. The molecule has 1 amide bonds. The molecular weight excluding hydrogens is 477 g/mol. The lowest BCUT2D eigenvalue weighted by Crippen LogP contribution is -2.23. The van der Waals surface area contributed by atoms with Gasteiger partial charge in [-0.15, -0.1) is 0 Å². The molecule has 0 spiro atoms. The molecule has 0 saturated carbocycles. The Bertz CT molecular complexity index is 1400. The molecule has 1 heterocycles. The summed E-state index contributed by atoms with van der Waals surface area (Å²) in [7, 11) is 0. The maximum Gasteiger partial charge on any atom is 0.266 e. The zero-order valence-electron chi connectivity index (χ0n) is 18.1. The van der Waals surface area contributed by atoms with Gasteiger partial charge in [0.05, 0.1) is 38.1 Å². The van der Waals surface area contributed by atoms with Gasteiger partial charge in [-0.25, -0.2) is 4.98 Å². The Morgan fingerprint density at radius 1 is 1.06 bits per heavy atom. The first-order valence-corrected chi connectivity index (χ1v) is 12.1. The van der Waals surface area contributed by atoms with Crippen molar-refractivity contribution in [2.24, 2.45) is 0 Å². The number of anilines is 1. The zero-order chi connectivity index (χ0) is 23.5. The first kappa shape index (κ1) is 23.4. The second-order valence-electron chi connectivity index (χ2n) is 7.46. The van der Waals surface area contributed by atoms with Gasteiger partial charge < -0.3 is 5.32 Å². The number of aryl methyl sites for hydroxylation is 2. The van der Waals surface area contributed by atoms with Crippen LogP contribution in [0.1, 0.15) is 18.1 Å². The molecule has 5 nitrogen and oxygen atoms in total. The first-order valence-electron chi connectivity index (χ1n) is 10.4. The summed E-state index contributed by atoms with van der Waals surface area (Å²) < 4.78 is 1.55. The fourth-order valence-electron chi connectivity index (χ4n) is 3.39. The van der Waals surface area contributed by atoms with Gasteiger partial charge in [0.1, 0.15) is 0 Å². The Balaban J connectivity index is 1.67. The molecule has 4 rings (SSSR count). The lowest BCUT2D eigenvalue weighted by Gasteiger charge is -2.14. The quantitative estimate of drug-likeness (QED) is 0.251. The molecule has 0 bridgehead atoms. The van der Waals surface area contributed by atoms with Crippen LogP contribution in [0, 0.1) is 6.92 Å². The van der Waals surface area contributed by atoms with Crippen LogP contribution >= 0.6 is 35.0 Å². The third kappa shape index (κ3) is 4.93. The van der Waals surface area contributed by atoms with E-state index < -0.39 is 0 Å². The molecule has 0 unspecified atom stereocenters. The van der Waals surface area contributed by atoms with Crippen molar-refractivity contribution in [3.05, 3.63) is 92.2 Å². The lowest BCUT2D eigenvalue weighted by molar-refractivity contribution is -0.113. The number of carbonyl (C=O) groups excluding carboxylic acids is 1. The van der Waals surface area contributed by atoms with E-state index in [4.69, 9.17) is 23.2 Å². The third-order valence-electron chi connectivity index (χ3n) is 5.23. The summed E-state index contributed by atoms with van der Waals surface area (Å²) in [5.74, 6) is -0.275. The molecular formula is C25H21Cl2N3O2S. The van der Waals surface area contributed by atoms with Crippen LogP contribution in [0.3, 0.4) is 0 Å². The molecule has 0 fully saturated rings. The van der Waals surface area contributed by atoms with E-state index in [0.717, 1.165) is 12.0 Å². The molecule has 33 heavy (non-hydrogen) atoms. The van der Waals surface area contributed by atoms with Crippen molar-refractivity contribution in [3.63, 3.8) is 0 Å². The number of aromatic nitrogens is 2. The van der Waals surface area contributed by atoms with Crippen LogP contribution < -0.4 is 10.9 Å². The van der Waals surface area contributed by atoms with E-state index in [9.17, 15) is 9.59 Å². The number of thioether (sulfide) groups is 1. The van der Waals surface area contributed by atoms with Crippen LogP contribution in [0.15, 0.2) is 70.6 Å². The number of fused-ring (bicyclic) bond motifs is 1. The van der Waals surface area contributed by atoms with Gasteiger partial charge in [-0.1, -0.05) is 72.2 Å². The molecule has 3 aromatic carbocycles. The van der Waals surface area contributed by atoms with Crippen LogP contribution in [0.25, 0.3) is 16.6 Å². The lowest BCUT2D eigenvalue weighted by atomic mass is 10.1. The van der Waals surface area contributed by atoms with Gasteiger partial charge >= 0.3 is 0 Å². The Hall–Kier alpha value is -2.80. The molecule has 8 heteroatoms. The van der Waals surface area contributed by atoms with E-state index in [1.54, 1.807) is 28.8 Å². The van der Waals surface area contributed by atoms with Gasteiger partial charge in [-0.3, -0.25) is 14.2 Å². The van der Waals surface area contributed by atoms with Crippen molar-refractivity contribution in [1.82, 2.24) is 9.55 Å². The molecule has 1 N–H and O–H groups in total. The smallest absolute Gasteiger partial charge is 0.266 e. The largest absolute Gasteiger partial charge is 0.323 e. The molecule has 0 aliphatic heterocycles. The van der Waals surface area contributed by atoms with Crippen LogP contribution in [0.5, 0.6) is 0 Å². The van der Waals surface area contributed by atoms with E-state index in [0.29, 0.717) is 37.5 Å². The monoisotopic (exact) mass is 497 g/mol. The number of hydrogen-bond acceptors (Lipinski definition) is 4. The summed E-state index contributed by atoms with van der Waals surface area (Å²) in [5, 5.41) is 4.49. The van der Waals surface area contributed by atoms with Crippen molar-refractivity contribution in [1.29, 1.82) is 0 Å². The molecule has 0 aliphatic carbocycles. The zero-order valence-corrected chi connectivity index (χ0v) is 20.4. The summed E-state index contributed by atoms with van der Waals surface area (Å²) in [6.45, 7) is 3.91. The van der Waals surface area contributed by atoms with Crippen LogP contribution in [-0.2, 0) is 11.2 Å². The number of nitrogens with one attached hydrogen (secondary N) is 1. The minimum atomic E-state index is -0.301. The summed E-state index contributed by atoms with van der Waals surface area (Å²) in [6, 6.07) is 18.4. The Morgan fingerprint density at radius 3 is 2.52 bits per heavy atom. The summed E-state index contributed by atoms with van der Waals surface area (Å²) in [5.41, 5.74) is 3.45. The number of amides is 1. The van der Waals surface area contributed by atoms with Crippen molar-refractivity contribution in [2.75, 3.05) is 11.1 Å². The SMILES string of the molecule is CCc1ccc(-n2c(SCC(=O)Nc3c(Cl)ccc(C)c3Cl)nc3ccccc3c2=O)cc1. The number of benzene rings is 3. The highest BCUT2D eigenvalue weighted by Gasteiger charge is 2.16. The van der Waals surface area contributed by atoms with Crippen molar-refractivity contribution < 1.29 is 4.79 Å². The number of rotatable bonds is 6. The third-order valence-corrected chi connectivity index (χ3v) is 6.97. The Morgan fingerprint density at radius 2 is 1.79 bits per heavy atom. The predicted octanol–water partition coefficient (Wildman–Crippen LogP) is 6.29. The van der Waals surface area contributed by atoms with Gasteiger partial charge in [-0.05, 0) is 54.8 Å². The topological polar surface area (TPSA) is 64.0 Å². The van der Waals surface area contributed by atoms with Crippen molar-refractivity contribution >= 4 is 57.5 Å². The number of nitrogens with zero attached hydrogens (tertiary/aromatic N) is 2. The molecule has 0 atom stereocenters. The van der Waals surface area contributed by atoms with Gasteiger partial charge in [0.15, 0.2) is 5.16 Å². The summed E-state index contributed by atoms with van der Waals surface area (Å²) in [4.78, 5) is 30.7. The van der Waals surface area contributed by atoms with E-state index in [1.807, 2.05) is 43.3 Å². The summed E-state index contributed by atoms with van der Waals surface area (Å²) >= 11 is 13.7. The maximum atomic E-state index is 13.3. The van der Waals surface area contributed by atoms with Gasteiger partial charge in [-0.2, -0.15) is 0 Å². The van der Waals surface area contributed by atoms with Gasteiger partial charge in [0.2, 0.25) is 5.91 Å². The second kappa shape index (κ2) is 10.00. The van der Waals surface area contributed by atoms with E-state index in [2.05, 4.69) is 17.2 Å². The standard InChI is InChI=1S/C25H21Cl2N3O2S/c1-3-16-9-11-17(12-10-16)30-24(32)18-6-4-5-7-20(18)28-25(30)33-14-21(31)29-23-19(26)13-8-15(2)22(23)27/h4-13H,3,14H2,1-2H3,(H,29,31). The van der Waals surface area contributed by atoms with Crippen LogP contribution in [-0.4, -0.2) is 21.2 Å². The number of hydrogen-bond donors (Lipinski definition) is 1. The predicted molar refractivity (Wildman–Crippen MR) is 137 cm³/mol. The number of para-hydroxylation sites is 1. The number of halogens is 2. The van der Waals surface area contributed by atoms with E-state index >= 15 is 0 Å².